The molecule has 0 aliphatic carbocycles. The lowest BCUT2D eigenvalue weighted by atomic mass is 10.2. The van der Waals surface area contributed by atoms with Gasteiger partial charge >= 0.3 is 0 Å². The van der Waals surface area contributed by atoms with E-state index in [4.69, 9.17) is 9.57 Å². The van der Waals surface area contributed by atoms with Gasteiger partial charge in [-0.1, -0.05) is 35.9 Å². The van der Waals surface area contributed by atoms with Crippen LogP contribution in [0, 0.1) is 6.92 Å². The van der Waals surface area contributed by atoms with Crippen LogP contribution in [0.15, 0.2) is 59.8 Å². The highest BCUT2D eigenvalue weighted by Crippen LogP contribution is 2.16. The molecule has 0 saturated carbocycles. The molecule has 110 valence electrons. The summed E-state index contributed by atoms with van der Waals surface area (Å²) in [6, 6.07) is 17.6. The maximum Gasteiger partial charge on any atom is 0.263 e. The van der Waals surface area contributed by atoms with E-state index >= 15 is 0 Å². The third-order valence-corrected chi connectivity index (χ3v) is 2.66. The molecular weight excluding hydrogens is 262 g/mol. The lowest BCUT2D eigenvalue weighted by Gasteiger charge is -2.17. The van der Waals surface area contributed by atoms with E-state index in [0.717, 1.165) is 11.3 Å². The molecule has 2 aromatic carbocycles. The average molecular weight is 283 g/mol. The molecule has 0 aliphatic heterocycles. The molecule has 0 fully saturated rings. The van der Waals surface area contributed by atoms with Gasteiger partial charge in [-0.25, -0.2) is 0 Å². The largest absolute Gasteiger partial charge is 0.436 e. The predicted octanol–water partition coefficient (Wildman–Crippen LogP) is 4.55. The van der Waals surface area contributed by atoms with Crippen molar-refractivity contribution in [3.63, 3.8) is 0 Å². The molecule has 0 N–H and O–H groups in total. The minimum Gasteiger partial charge on any atom is -0.436 e. The Morgan fingerprint density at radius 1 is 0.905 bits per heavy atom. The molecule has 0 amide bonds. The number of oxime groups is 1. The third-order valence-electron chi connectivity index (χ3n) is 2.66. The van der Waals surface area contributed by atoms with Gasteiger partial charge in [0.15, 0.2) is 0 Å². The molecule has 2 aromatic rings. The number of nitrogens with zero attached hydrogens (tertiary/aromatic N) is 1. The van der Waals surface area contributed by atoms with Gasteiger partial charge in [0.05, 0.1) is 0 Å². The van der Waals surface area contributed by atoms with Crippen molar-refractivity contribution in [3.05, 3.63) is 65.7 Å². The quantitative estimate of drug-likeness (QED) is 0.470. The maximum atomic E-state index is 5.88. The van der Waals surface area contributed by atoms with E-state index in [-0.39, 0.29) is 5.60 Å². The highest BCUT2D eigenvalue weighted by atomic mass is 16.7. The summed E-state index contributed by atoms with van der Waals surface area (Å²) < 4.78 is 5.88. The van der Waals surface area contributed by atoms with E-state index in [9.17, 15) is 0 Å². The summed E-state index contributed by atoms with van der Waals surface area (Å²) in [7, 11) is 0. The van der Waals surface area contributed by atoms with Crippen molar-refractivity contribution in [1.82, 2.24) is 0 Å². The van der Waals surface area contributed by atoms with Crippen molar-refractivity contribution in [3.8, 4) is 5.75 Å². The van der Waals surface area contributed by atoms with Gasteiger partial charge < -0.3 is 9.57 Å². The molecule has 0 aliphatic rings. The summed E-state index contributed by atoms with van der Waals surface area (Å²) >= 11 is 0. The van der Waals surface area contributed by atoms with E-state index in [0.29, 0.717) is 5.90 Å². The average Bonchev–Trinajstić information content (AvgIpc) is 2.45. The summed E-state index contributed by atoms with van der Waals surface area (Å²) in [6.07, 6.45) is 0. The second-order valence-electron chi connectivity index (χ2n) is 5.88. The lowest BCUT2D eigenvalue weighted by Crippen LogP contribution is -2.19. The smallest absolute Gasteiger partial charge is 0.263 e. The van der Waals surface area contributed by atoms with E-state index in [1.165, 1.54) is 5.56 Å². The van der Waals surface area contributed by atoms with Crippen molar-refractivity contribution in [2.24, 2.45) is 5.16 Å². The first-order valence-corrected chi connectivity index (χ1v) is 7.00. The molecule has 0 radical (unpaired) electrons. The summed E-state index contributed by atoms with van der Waals surface area (Å²) in [5.74, 6) is 1.19. The minimum atomic E-state index is -0.364. The van der Waals surface area contributed by atoms with E-state index in [1.807, 2.05) is 82.3 Å². The van der Waals surface area contributed by atoms with Crippen molar-refractivity contribution >= 4 is 5.90 Å². The van der Waals surface area contributed by atoms with E-state index in [1.54, 1.807) is 0 Å². The summed E-state index contributed by atoms with van der Waals surface area (Å²) in [5.41, 5.74) is 1.70. The van der Waals surface area contributed by atoms with Crippen LogP contribution in [0.4, 0.5) is 0 Å². The highest BCUT2D eigenvalue weighted by molar-refractivity contribution is 5.95. The van der Waals surface area contributed by atoms with Crippen LogP contribution in [-0.2, 0) is 4.84 Å². The molecule has 2 rings (SSSR count). The second-order valence-corrected chi connectivity index (χ2v) is 5.88. The second kappa shape index (κ2) is 6.44. The molecule has 0 bridgehead atoms. The van der Waals surface area contributed by atoms with Crippen molar-refractivity contribution in [2.75, 3.05) is 0 Å². The van der Waals surface area contributed by atoms with Crippen LogP contribution in [0.1, 0.15) is 31.9 Å². The van der Waals surface area contributed by atoms with Gasteiger partial charge in [-0.3, -0.25) is 0 Å². The number of benzene rings is 2. The van der Waals surface area contributed by atoms with Gasteiger partial charge in [-0.2, -0.15) is 0 Å². The molecular formula is C18H21NO2. The summed E-state index contributed by atoms with van der Waals surface area (Å²) in [4.78, 5) is 5.50. The molecule has 21 heavy (non-hydrogen) atoms. The molecule has 0 aromatic heterocycles. The van der Waals surface area contributed by atoms with Crippen LogP contribution < -0.4 is 4.74 Å². The van der Waals surface area contributed by atoms with Gasteiger partial charge in [-0.15, -0.1) is 0 Å². The van der Waals surface area contributed by atoms with Crippen LogP contribution in [0.25, 0.3) is 0 Å². The van der Waals surface area contributed by atoms with Gasteiger partial charge in [-0.05, 0) is 57.1 Å². The molecule has 0 unspecified atom stereocenters. The number of rotatable bonds is 3. The Labute approximate surface area is 126 Å². The van der Waals surface area contributed by atoms with E-state index in [2.05, 4.69) is 5.16 Å². The van der Waals surface area contributed by atoms with Crippen LogP contribution in [0.5, 0.6) is 5.75 Å². The Kier molecular flexibility index (Phi) is 4.63. The standard InChI is InChI=1S/C18H21NO2/c1-14-10-12-16(13-11-14)20-17(19-21-18(2,3)4)15-8-6-5-7-9-15/h5-13H,1-4H3/b19-17+. The Hall–Kier alpha value is -2.29. The van der Waals surface area contributed by atoms with Gasteiger partial charge in [0.1, 0.15) is 11.4 Å². The predicted molar refractivity (Wildman–Crippen MR) is 85.6 cm³/mol. The molecule has 0 atom stereocenters. The van der Waals surface area contributed by atoms with E-state index < -0.39 is 0 Å². The van der Waals surface area contributed by atoms with Crippen molar-refractivity contribution in [1.29, 1.82) is 0 Å². The first kappa shape index (κ1) is 15.1. The fourth-order valence-electron chi connectivity index (χ4n) is 1.61. The Morgan fingerprint density at radius 2 is 1.52 bits per heavy atom. The topological polar surface area (TPSA) is 30.8 Å². The molecule has 0 spiro atoms. The van der Waals surface area contributed by atoms with Crippen molar-refractivity contribution < 1.29 is 9.57 Å². The molecule has 3 nitrogen and oxygen atoms in total. The van der Waals surface area contributed by atoms with Gasteiger partial charge in [0.25, 0.3) is 5.90 Å². The Bertz CT molecular complexity index is 595. The number of ether oxygens (including phenoxy) is 1. The van der Waals surface area contributed by atoms with Gasteiger partial charge in [0, 0.05) is 5.56 Å². The van der Waals surface area contributed by atoms with Crippen LogP contribution in [0.3, 0.4) is 0 Å². The molecule has 0 heterocycles. The number of aryl methyl sites for hydroxylation is 1. The SMILES string of the molecule is Cc1ccc(O/C(=N/OC(C)(C)C)c2ccccc2)cc1. The minimum absolute atomic E-state index is 0.364. The van der Waals surface area contributed by atoms with Crippen LogP contribution in [-0.4, -0.2) is 11.5 Å². The fraction of sp³-hybridized carbons (Fsp3) is 0.278. The summed E-state index contributed by atoms with van der Waals surface area (Å²) in [6.45, 7) is 7.89. The zero-order valence-electron chi connectivity index (χ0n) is 13.0. The van der Waals surface area contributed by atoms with Gasteiger partial charge in [0.2, 0.25) is 0 Å². The zero-order chi connectivity index (χ0) is 15.3. The maximum absolute atomic E-state index is 5.88. The Morgan fingerprint density at radius 3 is 2.10 bits per heavy atom. The first-order valence-electron chi connectivity index (χ1n) is 7.00. The number of hydrogen-bond donors (Lipinski definition) is 0. The zero-order valence-corrected chi connectivity index (χ0v) is 13.0. The molecule has 3 heteroatoms. The number of hydrogen-bond acceptors (Lipinski definition) is 3. The first-order chi connectivity index (χ1) is 9.94. The lowest BCUT2D eigenvalue weighted by molar-refractivity contribution is -0.00152. The van der Waals surface area contributed by atoms with Crippen LogP contribution in [0.2, 0.25) is 0 Å². The highest BCUT2D eigenvalue weighted by Gasteiger charge is 2.13. The third kappa shape index (κ3) is 4.95. The fourth-order valence-corrected chi connectivity index (χ4v) is 1.61. The Balaban J connectivity index is 2.26. The monoisotopic (exact) mass is 283 g/mol. The van der Waals surface area contributed by atoms with Crippen molar-refractivity contribution in [2.45, 2.75) is 33.3 Å². The molecule has 0 saturated heterocycles. The normalized spacial score (nSPS) is 12.1. The summed E-state index contributed by atoms with van der Waals surface area (Å²) in [5, 5.41) is 4.18. The van der Waals surface area contributed by atoms with Crippen LogP contribution >= 0.6 is 0 Å².